The van der Waals surface area contributed by atoms with E-state index in [0.29, 0.717) is 52.2 Å². The van der Waals surface area contributed by atoms with E-state index in [2.05, 4.69) is 0 Å². The minimum absolute atomic E-state index is 0. The van der Waals surface area contributed by atoms with Crippen LogP contribution in [0.4, 0.5) is 8.78 Å². The van der Waals surface area contributed by atoms with Gasteiger partial charge in [-0.3, -0.25) is 9.59 Å². The van der Waals surface area contributed by atoms with Gasteiger partial charge in [0, 0.05) is 45.0 Å². The Balaban J connectivity index is 0.00000243. The molecule has 0 unspecified atom stereocenters. The summed E-state index contributed by atoms with van der Waals surface area (Å²) in [6.45, 7) is 2.34. The summed E-state index contributed by atoms with van der Waals surface area (Å²) in [6, 6.07) is 3.09. The van der Waals surface area contributed by atoms with E-state index in [4.69, 9.17) is 10.5 Å². The second kappa shape index (κ2) is 8.28. The first-order valence-electron chi connectivity index (χ1n) is 8.31. The summed E-state index contributed by atoms with van der Waals surface area (Å²) in [7, 11) is 0. The third-order valence-electron chi connectivity index (χ3n) is 4.83. The Hall–Kier alpha value is -1.77. The Morgan fingerprint density at radius 3 is 2.15 bits per heavy atom. The van der Waals surface area contributed by atoms with Crippen molar-refractivity contribution in [3.8, 4) is 0 Å². The van der Waals surface area contributed by atoms with Crippen LogP contribution in [0.3, 0.4) is 0 Å². The molecule has 9 heteroatoms. The van der Waals surface area contributed by atoms with E-state index in [-0.39, 0.29) is 29.8 Å². The molecule has 2 saturated heterocycles. The van der Waals surface area contributed by atoms with Crippen LogP contribution >= 0.6 is 12.4 Å². The van der Waals surface area contributed by atoms with E-state index in [9.17, 15) is 18.4 Å². The molecular weight excluding hydrogens is 368 g/mol. The maximum absolute atomic E-state index is 13.3. The van der Waals surface area contributed by atoms with Gasteiger partial charge in [-0.1, -0.05) is 0 Å². The van der Waals surface area contributed by atoms with E-state index < -0.39 is 17.2 Å². The molecular formula is C17H22ClF2N3O3. The predicted octanol–water partition coefficient (Wildman–Crippen LogP) is 1.18. The molecule has 2 N–H and O–H groups in total. The van der Waals surface area contributed by atoms with Crippen LogP contribution in [0.2, 0.25) is 0 Å². The molecule has 3 rings (SSSR count). The largest absolute Gasteiger partial charge is 0.381 e. The van der Waals surface area contributed by atoms with Gasteiger partial charge in [0.25, 0.3) is 5.91 Å². The van der Waals surface area contributed by atoms with Gasteiger partial charge in [0.15, 0.2) is 11.6 Å². The Bertz CT molecular complexity index is 675. The molecule has 0 spiro atoms. The van der Waals surface area contributed by atoms with Crippen molar-refractivity contribution in [2.24, 2.45) is 5.73 Å². The van der Waals surface area contributed by atoms with Crippen molar-refractivity contribution >= 4 is 24.2 Å². The number of hydrogen-bond acceptors (Lipinski definition) is 4. The summed E-state index contributed by atoms with van der Waals surface area (Å²) < 4.78 is 31.5. The average Bonchev–Trinajstić information content (AvgIpc) is 2.63. The fraction of sp³-hybridized carbons (Fsp3) is 0.529. The highest BCUT2D eigenvalue weighted by atomic mass is 35.5. The van der Waals surface area contributed by atoms with Gasteiger partial charge >= 0.3 is 0 Å². The van der Waals surface area contributed by atoms with Gasteiger partial charge in [0.1, 0.15) is 0 Å². The van der Waals surface area contributed by atoms with E-state index in [1.165, 1.54) is 11.0 Å². The molecule has 0 radical (unpaired) electrons. The number of nitrogens with two attached hydrogens (primary N) is 1. The predicted molar refractivity (Wildman–Crippen MR) is 93.1 cm³/mol. The number of rotatable bonds is 2. The third-order valence-corrected chi connectivity index (χ3v) is 4.83. The van der Waals surface area contributed by atoms with Crippen molar-refractivity contribution < 1.29 is 23.1 Å². The van der Waals surface area contributed by atoms with Gasteiger partial charge in [0.2, 0.25) is 5.91 Å². The van der Waals surface area contributed by atoms with Gasteiger partial charge in [-0.15, -0.1) is 12.4 Å². The van der Waals surface area contributed by atoms with E-state index in [1.54, 1.807) is 4.90 Å². The van der Waals surface area contributed by atoms with E-state index in [1.807, 2.05) is 0 Å². The highest BCUT2D eigenvalue weighted by molar-refractivity contribution is 5.94. The molecule has 2 aliphatic rings. The first-order chi connectivity index (χ1) is 11.9. The Labute approximate surface area is 156 Å². The molecule has 2 heterocycles. The Morgan fingerprint density at radius 2 is 1.58 bits per heavy atom. The topological polar surface area (TPSA) is 75.9 Å². The molecule has 2 fully saturated rings. The molecule has 0 aromatic heterocycles. The average molecular weight is 390 g/mol. The van der Waals surface area contributed by atoms with Crippen LogP contribution in [0.15, 0.2) is 18.2 Å². The zero-order valence-electron chi connectivity index (χ0n) is 14.2. The number of halogens is 3. The van der Waals surface area contributed by atoms with Crippen LogP contribution in [-0.4, -0.2) is 66.5 Å². The molecule has 0 atom stereocenters. The number of nitrogens with zero attached hydrogens (tertiary/aromatic N) is 2. The summed E-state index contributed by atoms with van der Waals surface area (Å²) >= 11 is 0. The van der Waals surface area contributed by atoms with Gasteiger partial charge in [-0.2, -0.15) is 0 Å². The lowest BCUT2D eigenvalue weighted by Crippen LogP contribution is -2.61. The van der Waals surface area contributed by atoms with Crippen molar-refractivity contribution in [2.45, 2.75) is 18.4 Å². The molecule has 0 saturated carbocycles. The molecule has 6 nitrogen and oxygen atoms in total. The lowest BCUT2D eigenvalue weighted by molar-refractivity contribution is -0.142. The molecule has 0 bridgehead atoms. The molecule has 2 amide bonds. The van der Waals surface area contributed by atoms with Crippen molar-refractivity contribution in [2.75, 3.05) is 39.4 Å². The highest BCUT2D eigenvalue weighted by Crippen LogP contribution is 2.22. The monoisotopic (exact) mass is 389 g/mol. The van der Waals surface area contributed by atoms with Crippen LogP contribution in [0.25, 0.3) is 0 Å². The van der Waals surface area contributed by atoms with Gasteiger partial charge in [0.05, 0.1) is 5.54 Å². The van der Waals surface area contributed by atoms with Gasteiger partial charge in [-0.05, 0) is 31.0 Å². The second-order valence-electron chi connectivity index (χ2n) is 6.48. The number of ether oxygens (including phenoxy) is 1. The fourth-order valence-corrected chi connectivity index (χ4v) is 3.19. The highest BCUT2D eigenvalue weighted by Gasteiger charge is 2.40. The molecule has 2 aliphatic heterocycles. The second-order valence-corrected chi connectivity index (χ2v) is 6.48. The zero-order chi connectivity index (χ0) is 18.0. The van der Waals surface area contributed by atoms with E-state index in [0.717, 1.165) is 12.1 Å². The summed E-state index contributed by atoms with van der Waals surface area (Å²) in [5.41, 5.74) is 5.42. The first-order valence-corrected chi connectivity index (χ1v) is 8.31. The summed E-state index contributed by atoms with van der Waals surface area (Å²) in [4.78, 5) is 28.2. The minimum Gasteiger partial charge on any atom is -0.381 e. The summed E-state index contributed by atoms with van der Waals surface area (Å²) in [5.74, 6) is -2.53. The van der Waals surface area contributed by atoms with Crippen molar-refractivity contribution in [1.82, 2.24) is 9.80 Å². The Kier molecular flexibility index (Phi) is 6.54. The van der Waals surface area contributed by atoms with Crippen molar-refractivity contribution in [1.29, 1.82) is 0 Å². The molecule has 0 aliphatic carbocycles. The smallest absolute Gasteiger partial charge is 0.254 e. The van der Waals surface area contributed by atoms with E-state index >= 15 is 0 Å². The number of carbonyl (C=O) groups is 2. The lowest BCUT2D eigenvalue weighted by atomic mass is 9.89. The quantitative estimate of drug-likeness (QED) is 0.824. The first kappa shape index (κ1) is 20.5. The molecule has 26 heavy (non-hydrogen) atoms. The number of piperazine rings is 1. The van der Waals surface area contributed by atoms with Crippen LogP contribution < -0.4 is 5.73 Å². The van der Waals surface area contributed by atoms with Crippen LogP contribution in [0, 0.1) is 11.6 Å². The maximum atomic E-state index is 13.3. The molecule has 144 valence electrons. The van der Waals surface area contributed by atoms with Gasteiger partial charge < -0.3 is 20.3 Å². The maximum Gasteiger partial charge on any atom is 0.254 e. The van der Waals surface area contributed by atoms with Gasteiger partial charge in [-0.25, -0.2) is 8.78 Å². The van der Waals surface area contributed by atoms with Crippen LogP contribution in [-0.2, 0) is 9.53 Å². The number of hydrogen-bond donors (Lipinski definition) is 1. The standard InChI is InChI=1S/C17H21F2N3O3.ClH/c18-13-2-1-12(11-14(13)19)15(23)21-5-7-22(8-6-21)16(24)17(20)3-9-25-10-4-17;/h1-2,11H,3-10,20H2;1H. The van der Waals surface area contributed by atoms with Crippen molar-refractivity contribution in [3.05, 3.63) is 35.4 Å². The summed E-state index contributed by atoms with van der Waals surface area (Å²) in [6.07, 6.45) is 0.972. The third kappa shape index (κ3) is 4.13. The molecule has 1 aromatic carbocycles. The number of carbonyl (C=O) groups excluding carboxylic acids is 2. The normalized spacial score (nSPS) is 19.7. The lowest BCUT2D eigenvalue weighted by Gasteiger charge is -2.40. The van der Waals surface area contributed by atoms with Crippen LogP contribution in [0.1, 0.15) is 23.2 Å². The fourth-order valence-electron chi connectivity index (χ4n) is 3.19. The SMILES string of the molecule is Cl.NC1(C(=O)N2CCN(C(=O)c3ccc(F)c(F)c3)CC2)CCOCC1. The number of benzene rings is 1. The summed E-state index contributed by atoms with van der Waals surface area (Å²) in [5, 5.41) is 0. The minimum atomic E-state index is -1.05. The number of amides is 2. The Morgan fingerprint density at radius 1 is 1.00 bits per heavy atom. The van der Waals surface area contributed by atoms with Crippen molar-refractivity contribution in [3.63, 3.8) is 0 Å². The van der Waals surface area contributed by atoms with Crippen LogP contribution in [0.5, 0.6) is 0 Å². The molecule has 1 aromatic rings. The zero-order valence-corrected chi connectivity index (χ0v) is 15.1.